The summed E-state index contributed by atoms with van der Waals surface area (Å²) in [5.41, 5.74) is 0. The molecule has 2 aliphatic rings. The van der Waals surface area contributed by atoms with Gasteiger partial charge >= 0.3 is 5.97 Å². The first-order valence-electron chi connectivity index (χ1n) is 7.96. The Morgan fingerprint density at radius 1 is 1.33 bits per heavy atom. The number of hydrogen-bond donors (Lipinski definition) is 1. The Bertz CT molecular complexity index is 751. The number of sulfonamides is 1. The van der Waals surface area contributed by atoms with Crippen LogP contribution >= 0.6 is 0 Å². The third kappa shape index (κ3) is 2.77. The lowest BCUT2D eigenvalue weighted by atomic mass is 9.85. The van der Waals surface area contributed by atoms with Gasteiger partial charge in [0.1, 0.15) is 6.04 Å². The fourth-order valence-corrected chi connectivity index (χ4v) is 5.79. The van der Waals surface area contributed by atoms with Crippen molar-refractivity contribution in [2.24, 2.45) is 5.92 Å². The van der Waals surface area contributed by atoms with Crippen LogP contribution in [0.4, 0.5) is 4.39 Å². The molecule has 0 amide bonds. The van der Waals surface area contributed by atoms with Gasteiger partial charge in [0, 0.05) is 6.04 Å². The third-order valence-electron chi connectivity index (χ3n) is 5.01. The van der Waals surface area contributed by atoms with E-state index < -0.39 is 27.9 Å². The summed E-state index contributed by atoms with van der Waals surface area (Å²) in [6.07, 6.45) is 3.65. The van der Waals surface area contributed by atoms with Crippen LogP contribution in [-0.4, -0.2) is 43.0 Å². The Morgan fingerprint density at radius 2 is 2.04 bits per heavy atom. The standard InChI is InChI=1S/C16H20FNO5S/c1-23-15-7-6-11(9-12(15)17)24(21,22)18-13-5-3-2-4-10(13)8-14(18)16(19)20/h6-7,9-10,13-14H,2-5,8H2,1H3,(H,19,20). The van der Waals surface area contributed by atoms with Crippen molar-refractivity contribution in [2.75, 3.05) is 7.11 Å². The van der Waals surface area contributed by atoms with E-state index in [1.165, 1.54) is 19.2 Å². The Labute approximate surface area is 140 Å². The Morgan fingerprint density at radius 3 is 2.67 bits per heavy atom. The molecule has 2 fully saturated rings. The minimum absolute atomic E-state index is 0.0534. The number of aliphatic carboxylic acids is 1. The molecule has 24 heavy (non-hydrogen) atoms. The number of hydrogen-bond acceptors (Lipinski definition) is 4. The fourth-order valence-electron chi connectivity index (χ4n) is 3.90. The van der Waals surface area contributed by atoms with Crippen LogP contribution in [0.25, 0.3) is 0 Å². The summed E-state index contributed by atoms with van der Waals surface area (Å²) in [7, 11) is -2.80. The molecule has 3 rings (SSSR count). The van der Waals surface area contributed by atoms with Gasteiger partial charge in [-0.15, -0.1) is 0 Å². The summed E-state index contributed by atoms with van der Waals surface area (Å²) in [5.74, 6) is -1.94. The smallest absolute Gasteiger partial charge is 0.322 e. The number of benzene rings is 1. The first kappa shape index (κ1) is 17.2. The van der Waals surface area contributed by atoms with E-state index in [0.29, 0.717) is 12.8 Å². The minimum atomic E-state index is -4.09. The summed E-state index contributed by atoms with van der Waals surface area (Å²) in [6, 6.07) is 1.98. The van der Waals surface area contributed by atoms with E-state index in [0.717, 1.165) is 29.6 Å². The lowest BCUT2D eigenvalue weighted by molar-refractivity contribution is -0.141. The van der Waals surface area contributed by atoms with Crippen LogP contribution < -0.4 is 4.74 Å². The molecule has 1 aliphatic carbocycles. The topological polar surface area (TPSA) is 83.9 Å². The van der Waals surface area contributed by atoms with Gasteiger partial charge in [-0.25, -0.2) is 12.8 Å². The SMILES string of the molecule is COc1ccc(S(=O)(=O)N2C(C(=O)O)CC3CCCCC32)cc1F. The van der Waals surface area contributed by atoms with Gasteiger partial charge in [0.2, 0.25) is 10.0 Å². The largest absolute Gasteiger partial charge is 0.494 e. The van der Waals surface area contributed by atoms with Gasteiger partial charge in [0.25, 0.3) is 0 Å². The van der Waals surface area contributed by atoms with Gasteiger partial charge in [-0.05, 0) is 43.4 Å². The third-order valence-corrected chi connectivity index (χ3v) is 6.94. The Hall–Kier alpha value is -1.67. The highest BCUT2D eigenvalue weighted by atomic mass is 32.2. The van der Waals surface area contributed by atoms with Crippen LogP contribution in [0.1, 0.15) is 32.1 Å². The van der Waals surface area contributed by atoms with Gasteiger partial charge in [-0.2, -0.15) is 4.31 Å². The van der Waals surface area contributed by atoms with Gasteiger partial charge in [0.15, 0.2) is 11.6 Å². The van der Waals surface area contributed by atoms with Gasteiger partial charge in [-0.3, -0.25) is 4.79 Å². The summed E-state index contributed by atoms with van der Waals surface area (Å²) >= 11 is 0. The number of halogens is 1. The lowest BCUT2D eigenvalue weighted by Crippen LogP contribution is -2.46. The van der Waals surface area contributed by atoms with E-state index in [1.54, 1.807) is 0 Å². The monoisotopic (exact) mass is 357 g/mol. The summed E-state index contributed by atoms with van der Waals surface area (Å²) in [6.45, 7) is 0. The minimum Gasteiger partial charge on any atom is -0.494 e. The maximum atomic E-state index is 13.9. The molecule has 1 heterocycles. The van der Waals surface area contributed by atoms with E-state index in [2.05, 4.69) is 0 Å². The summed E-state index contributed by atoms with van der Waals surface area (Å²) in [5, 5.41) is 9.48. The summed E-state index contributed by atoms with van der Waals surface area (Å²) in [4.78, 5) is 11.4. The number of carboxylic acids is 1. The number of carboxylic acid groups (broad SMARTS) is 1. The van der Waals surface area contributed by atoms with E-state index in [4.69, 9.17) is 4.74 Å². The van der Waals surface area contributed by atoms with Crippen LogP contribution in [0.5, 0.6) is 5.75 Å². The Balaban J connectivity index is 2.02. The zero-order valence-corrected chi connectivity index (χ0v) is 14.1. The maximum Gasteiger partial charge on any atom is 0.322 e. The van der Waals surface area contributed by atoms with Crippen molar-refractivity contribution in [3.8, 4) is 5.75 Å². The van der Waals surface area contributed by atoms with Crippen molar-refractivity contribution >= 4 is 16.0 Å². The first-order valence-corrected chi connectivity index (χ1v) is 9.40. The van der Waals surface area contributed by atoms with Crippen molar-refractivity contribution in [3.05, 3.63) is 24.0 Å². The molecule has 0 aromatic heterocycles. The van der Waals surface area contributed by atoms with Crippen molar-refractivity contribution in [2.45, 2.75) is 49.1 Å². The second kappa shape index (κ2) is 6.33. The van der Waals surface area contributed by atoms with E-state index in [9.17, 15) is 22.7 Å². The molecule has 1 saturated heterocycles. The zero-order chi connectivity index (χ0) is 17.5. The van der Waals surface area contributed by atoms with Crippen molar-refractivity contribution in [1.82, 2.24) is 4.31 Å². The molecule has 1 aromatic carbocycles. The van der Waals surface area contributed by atoms with Gasteiger partial charge < -0.3 is 9.84 Å². The summed E-state index contributed by atoms with van der Waals surface area (Å²) < 4.78 is 45.9. The average molecular weight is 357 g/mol. The molecule has 0 spiro atoms. The predicted molar refractivity (Wildman–Crippen MR) is 83.8 cm³/mol. The van der Waals surface area contributed by atoms with Gasteiger partial charge in [0.05, 0.1) is 12.0 Å². The van der Waals surface area contributed by atoms with Crippen LogP contribution in [0.15, 0.2) is 23.1 Å². The van der Waals surface area contributed by atoms with Crippen molar-refractivity contribution in [1.29, 1.82) is 0 Å². The zero-order valence-electron chi connectivity index (χ0n) is 13.3. The number of rotatable bonds is 4. The quantitative estimate of drug-likeness (QED) is 0.893. The normalized spacial score (nSPS) is 27.7. The van der Waals surface area contributed by atoms with Gasteiger partial charge in [-0.1, -0.05) is 12.8 Å². The maximum absolute atomic E-state index is 13.9. The van der Waals surface area contributed by atoms with Crippen LogP contribution in [0.2, 0.25) is 0 Å². The second-order valence-corrected chi connectivity index (χ2v) is 8.18. The van der Waals surface area contributed by atoms with E-state index in [1.807, 2.05) is 0 Å². The molecule has 1 aromatic rings. The molecular formula is C16H20FNO5S. The number of carbonyl (C=O) groups is 1. The molecule has 132 valence electrons. The lowest BCUT2D eigenvalue weighted by Gasteiger charge is -2.32. The molecule has 8 heteroatoms. The number of fused-ring (bicyclic) bond motifs is 1. The molecule has 3 atom stereocenters. The molecule has 1 saturated carbocycles. The first-order chi connectivity index (χ1) is 11.4. The number of nitrogens with zero attached hydrogens (tertiary/aromatic N) is 1. The van der Waals surface area contributed by atoms with Crippen LogP contribution in [0, 0.1) is 11.7 Å². The van der Waals surface area contributed by atoms with E-state index >= 15 is 0 Å². The highest BCUT2D eigenvalue weighted by Gasteiger charge is 2.51. The highest BCUT2D eigenvalue weighted by molar-refractivity contribution is 7.89. The molecule has 6 nitrogen and oxygen atoms in total. The molecule has 1 N–H and O–H groups in total. The molecule has 0 radical (unpaired) electrons. The highest BCUT2D eigenvalue weighted by Crippen LogP contribution is 2.43. The van der Waals surface area contributed by atoms with Crippen LogP contribution in [-0.2, 0) is 14.8 Å². The molecule has 3 unspecified atom stereocenters. The molecular weight excluding hydrogens is 337 g/mol. The molecule has 1 aliphatic heterocycles. The predicted octanol–water partition coefficient (Wildman–Crippen LogP) is 2.24. The molecule has 0 bridgehead atoms. The fraction of sp³-hybridized carbons (Fsp3) is 0.562. The van der Waals surface area contributed by atoms with E-state index in [-0.39, 0.29) is 22.6 Å². The average Bonchev–Trinajstić information content (AvgIpc) is 2.95. The second-order valence-electron chi connectivity index (χ2n) is 6.33. The van der Waals surface area contributed by atoms with Crippen molar-refractivity contribution in [3.63, 3.8) is 0 Å². The number of methoxy groups -OCH3 is 1. The van der Waals surface area contributed by atoms with Crippen LogP contribution in [0.3, 0.4) is 0 Å². The number of ether oxygens (including phenoxy) is 1. The van der Waals surface area contributed by atoms with Crippen molar-refractivity contribution < 1.29 is 27.4 Å². The Kier molecular flexibility index (Phi) is 4.52.